The quantitative estimate of drug-likeness (QED) is 0.437. The lowest BCUT2D eigenvalue weighted by atomic mass is 10.0. The van der Waals surface area contributed by atoms with Gasteiger partial charge in [-0.1, -0.05) is 18.2 Å². The molecule has 0 spiro atoms. The van der Waals surface area contributed by atoms with Gasteiger partial charge in [0.1, 0.15) is 5.75 Å². The molecule has 0 saturated heterocycles. The van der Waals surface area contributed by atoms with E-state index in [4.69, 9.17) is 4.74 Å². The monoisotopic (exact) mass is 404 g/mol. The lowest BCUT2D eigenvalue weighted by Gasteiger charge is -2.20. The Morgan fingerprint density at radius 2 is 2.14 bits per heavy atom. The van der Waals surface area contributed by atoms with Gasteiger partial charge in [-0.3, -0.25) is 10.1 Å². The Bertz CT molecular complexity index is 1060. The van der Waals surface area contributed by atoms with Crippen LogP contribution in [-0.4, -0.2) is 22.3 Å². The molecule has 0 aliphatic rings. The first-order valence-corrected chi connectivity index (χ1v) is 10.5. The fraction of sp³-hybridized carbons (Fsp3) is 0.217. The maximum absolute atomic E-state index is 5.36. The third kappa shape index (κ3) is 4.55. The zero-order chi connectivity index (χ0) is 20.1. The van der Waals surface area contributed by atoms with E-state index in [9.17, 15) is 0 Å². The molecule has 0 aliphatic heterocycles. The number of pyridine rings is 1. The van der Waals surface area contributed by atoms with Crippen LogP contribution in [0.1, 0.15) is 28.4 Å². The van der Waals surface area contributed by atoms with E-state index in [-0.39, 0.29) is 6.04 Å². The molecule has 0 fully saturated rings. The minimum atomic E-state index is 0.124. The summed E-state index contributed by atoms with van der Waals surface area (Å²) in [7, 11) is 1.68. The second-order valence-electron chi connectivity index (χ2n) is 6.98. The van der Waals surface area contributed by atoms with Crippen molar-refractivity contribution in [1.29, 1.82) is 0 Å². The van der Waals surface area contributed by atoms with Gasteiger partial charge in [-0.2, -0.15) is 16.4 Å². The van der Waals surface area contributed by atoms with E-state index in [1.54, 1.807) is 18.4 Å². The Kier molecular flexibility index (Phi) is 6.03. The van der Waals surface area contributed by atoms with Crippen LogP contribution < -0.4 is 10.1 Å². The number of benzene rings is 1. The number of thiophene rings is 1. The number of H-pyrrole nitrogens is 1. The first-order chi connectivity index (χ1) is 14.2. The van der Waals surface area contributed by atoms with Crippen LogP contribution >= 0.6 is 11.3 Å². The van der Waals surface area contributed by atoms with E-state index < -0.39 is 0 Å². The van der Waals surface area contributed by atoms with Crippen LogP contribution in [0.15, 0.2) is 65.6 Å². The maximum Gasteiger partial charge on any atom is 0.119 e. The van der Waals surface area contributed by atoms with Gasteiger partial charge in [0.2, 0.25) is 0 Å². The number of aromatic nitrogens is 3. The Morgan fingerprint density at radius 1 is 1.21 bits per heavy atom. The Morgan fingerprint density at radius 3 is 2.93 bits per heavy atom. The van der Waals surface area contributed by atoms with Gasteiger partial charge in [0.25, 0.3) is 0 Å². The van der Waals surface area contributed by atoms with Crippen LogP contribution in [0.4, 0.5) is 0 Å². The van der Waals surface area contributed by atoms with Crippen LogP contribution in [0, 0.1) is 6.92 Å². The SMILES string of the molecule is COc1cccc(-c2[nH]ncc2CNC(Cc2ccsc2)c2ncccc2C)c1. The zero-order valence-electron chi connectivity index (χ0n) is 16.6. The molecule has 6 heteroatoms. The summed E-state index contributed by atoms with van der Waals surface area (Å²) >= 11 is 1.72. The topological polar surface area (TPSA) is 62.8 Å². The summed E-state index contributed by atoms with van der Waals surface area (Å²) in [5.74, 6) is 0.829. The highest BCUT2D eigenvalue weighted by Gasteiger charge is 2.17. The summed E-state index contributed by atoms with van der Waals surface area (Å²) in [5, 5.41) is 15.4. The molecule has 1 aromatic carbocycles. The molecule has 5 nitrogen and oxygen atoms in total. The van der Waals surface area contributed by atoms with Crippen molar-refractivity contribution in [2.75, 3.05) is 7.11 Å². The molecule has 3 heterocycles. The molecule has 0 bridgehead atoms. The number of aryl methyl sites for hydroxylation is 1. The summed E-state index contributed by atoms with van der Waals surface area (Å²) in [6, 6.07) is 14.4. The summed E-state index contributed by atoms with van der Waals surface area (Å²) in [6.45, 7) is 2.80. The average Bonchev–Trinajstić information content (AvgIpc) is 3.43. The summed E-state index contributed by atoms with van der Waals surface area (Å²) in [5.41, 5.74) is 6.77. The predicted molar refractivity (Wildman–Crippen MR) is 117 cm³/mol. The first kappa shape index (κ1) is 19.4. The zero-order valence-corrected chi connectivity index (χ0v) is 17.4. The van der Waals surface area contributed by atoms with Crippen LogP contribution in [0.5, 0.6) is 5.75 Å². The third-order valence-electron chi connectivity index (χ3n) is 5.02. The van der Waals surface area contributed by atoms with Gasteiger partial charge in [-0.05, 0) is 59.5 Å². The van der Waals surface area contributed by atoms with Crippen molar-refractivity contribution in [2.24, 2.45) is 0 Å². The van der Waals surface area contributed by atoms with Gasteiger partial charge in [0.15, 0.2) is 0 Å². The first-order valence-electron chi connectivity index (χ1n) is 9.57. The molecular formula is C23H24N4OS. The van der Waals surface area contributed by atoms with Crippen LogP contribution in [0.2, 0.25) is 0 Å². The van der Waals surface area contributed by atoms with Gasteiger partial charge in [0.05, 0.1) is 30.7 Å². The maximum atomic E-state index is 5.36. The van der Waals surface area contributed by atoms with Crippen molar-refractivity contribution in [3.63, 3.8) is 0 Å². The van der Waals surface area contributed by atoms with Crippen molar-refractivity contribution >= 4 is 11.3 Å². The molecule has 4 rings (SSSR count). The highest BCUT2D eigenvalue weighted by Crippen LogP contribution is 2.26. The molecule has 4 aromatic rings. The summed E-state index contributed by atoms with van der Waals surface area (Å²) in [4.78, 5) is 4.66. The molecule has 2 N–H and O–H groups in total. The van der Waals surface area contributed by atoms with Gasteiger partial charge >= 0.3 is 0 Å². The molecule has 0 aliphatic carbocycles. The molecule has 148 valence electrons. The van der Waals surface area contributed by atoms with Crippen molar-refractivity contribution in [2.45, 2.75) is 25.9 Å². The van der Waals surface area contributed by atoms with E-state index in [0.29, 0.717) is 6.54 Å². The lowest BCUT2D eigenvalue weighted by molar-refractivity contribution is 0.415. The van der Waals surface area contributed by atoms with E-state index in [1.807, 2.05) is 36.7 Å². The summed E-state index contributed by atoms with van der Waals surface area (Å²) < 4.78 is 5.36. The number of hydrogen-bond acceptors (Lipinski definition) is 5. The number of rotatable bonds is 8. The second-order valence-corrected chi connectivity index (χ2v) is 7.76. The Balaban J connectivity index is 1.57. The van der Waals surface area contributed by atoms with Gasteiger partial charge in [0, 0.05) is 23.9 Å². The largest absolute Gasteiger partial charge is 0.497 e. The highest BCUT2D eigenvalue weighted by molar-refractivity contribution is 7.07. The minimum Gasteiger partial charge on any atom is -0.497 e. The molecule has 0 saturated carbocycles. The molecule has 1 unspecified atom stereocenters. The number of nitrogens with one attached hydrogen (secondary N) is 2. The minimum absolute atomic E-state index is 0.124. The number of methoxy groups -OCH3 is 1. The number of aromatic amines is 1. The Hall–Kier alpha value is -2.96. The molecular weight excluding hydrogens is 380 g/mol. The normalized spacial score (nSPS) is 12.1. The molecule has 1 atom stereocenters. The average molecular weight is 405 g/mol. The van der Waals surface area contributed by atoms with Crippen LogP contribution in [0.25, 0.3) is 11.3 Å². The van der Waals surface area contributed by atoms with Gasteiger partial charge in [-0.15, -0.1) is 0 Å². The van der Waals surface area contributed by atoms with Gasteiger partial charge < -0.3 is 10.1 Å². The van der Waals surface area contributed by atoms with Crippen molar-refractivity contribution in [3.8, 4) is 17.0 Å². The van der Waals surface area contributed by atoms with Crippen molar-refractivity contribution < 1.29 is 4.74 Å². The number of ether oxygens (including phenoxy) is 1. The van der Waals surface area contributed by atoms with Gasteiger partial charge in [-0.25, -0.2) is 0 Å². The van der Waals surface area contributed by atoms with Crippen molar-refractivity contribution in [3.05, 3.63) is 88.0 Å². The van der Waals surface area contributed by atoms with E-state index in [2.05, 4.69) is 56.4 Å². The fourth-order valence-corrected chi connectivity index (χ4v) is 4.16. The molecule has 0 radical (unpaired) electrons. The van der Waals surface area contributed by atoms with E-state index in [1.165, 1.54) is 11.1 Å². The number of nitrogens with zero attached hydrogens (tertiary/aromatic N) is 2. The van der Waals surface area contributed by atoms with E-state index >= 15 is 0 Å². The second kappa shape index (κ2) is 9.03. The lowest BCUT2D eigenvalue weighted by Crippen LogP contribution is -2.24. The standard InChI is InChI=1S/C23H24N4OS/c1-16-5-4-9-24-22(16)21(11-17-8-10-29-15-17)25-13-19-14-26-27-23(19)18-6-3-7-20(12-18)28-2/h3-10,12,14-15,21,25H,11,13H2,1-2H3,(H,26,27). The van der Waals surface area contributed by atoms with E-state index in [0.717, 1.165) is 34.7 Å². The molecule has 29 heavy (non-hydrogen) atoms. The molecule has 3 aromatic heterocycles. The van der Waals surface area contributed by atoms with Crippen LogP contribution in [-0.2, 0) is 13.0 Å². The Labute approximate surface area is 174 Å². The predicted octanol–water partition coefficient (Wildman–Crippen LogP) is 4.92. The van der Waals surface area contributed by atoms with Crippen molar-refractivity contribution in [1.82, 2.24) is 20.5 Å². The fourth-order valence-electron chi connectivity index (χ4n) is 3.48. The number of hydrogen-bond donors (Lipinski definition) is 2. The smallest absolute Gasteiger partial charge is 0.119 e. The summed E-state index contributed by atoms with van der Waals surface area (Å²) in [6.07, 6.45) is 4.65. The highest BCUT2D eigenvalue weighted by atomic mass is 32.1. The molecule has 0 amide bonds. The van der Waals surface area contributed by atoms with Crippen LogP contribution in [0.3, 0.4) is 0 Å². The third-order valence-corrected chi connectivity index (χ3v) is 5.75.